The summed E-state index contributed by atoms with van der Waals surface area (Å²) in [5, 5.41) is 0. The van der Waals surface area contributed by atoms with Crippen molar-refractivity contribution in [2.24, 2.45) is 11.3 Å². The molecular weight excluding hydrogens is 250 g/mol. The lowest BCUT2D eigenvalue weighted by atomic mass is 9.71. The third kappa shape index (κ3) is 2.82. The molecule has 0 spiro atoms. The lowest BCUT2D eigenvalue weighted by Gasteiger charge is -2.38. The maximum absolute atomic E-state index is 12.1. The van der Waals surface area contributed by atoms with Gasteiger partial charge in [0.15, 0.2) is 0 Å². The molecule has 1 aromatic rings. The molecule has 1 aliphatic carbocycles. The fourth-order valence-corrected chi connectivity index (χ4v) is 3.24. The van der Waals surface area contributed by atoms with E-state index in [4.69, 9.17) is 5.84 Å². The summed E-state index contributed by atoms with van der Waals surface area (Å²) in [6, 6.07) is 6.36. The van der Waals surface area contributed by atoms with E-state index in [1.807, 2.05) is 0 Å². The van der Waals surface area contributed by atoms with E-state index in [1.54, 1.807) is 24.3 Å². The van der Waals surface area contributed by atoms with Crippen LogP contribution >= 0.6 is 0 Å². The van der Waals surface area contributed by atoms with Gasteiger partial charge in [0.1, 0.15) is 0 Å². The van der Waals surface area contributed by atoms with Crippen LogP contribution in [0.3, 0.4) is 0 Å². The Labute approximate surface area is 108 Å². The number of hydrazine groups is 1. The lowest BCUT2D eigenvalue weighted by Crippen LogP contribution is -2.39. The molecule has 4 N–H and O–H groups in total. The second-order valence-corrected chi connectivity index (χ2v) is 6.92. The van der Waals surface area contributed by atoms with Gasteiger partial charge in [0.05, 0.1) is 4.90 Å². The van der Waals surface area contributed by atoms with E-state index in [2.05, 4.69) is 17.1 Å². The summed E-state index contributed by atoms with van der Waals surface area (Å²) in [6.45, 7) is 2.62. The van der Waals surface area contributed by atoms with Crippen molar-refractivity contribution in [3.05, 3.63) is 24.3 Å². The van der Waals surface area contributed by atoms with Crippen molar-refractivity contribution < 1.29 is 8.42 Å². The van der Waals surface area contributed by atoms with Crippen LogP contribution in [0, 0.1) is 5.41 Å². The van der Waals surface area contributed by atoms with Crippen molar-refractivity contribution in [2.75, 3.05) is 12.0 Å². The zero-order valence-corrected chi connectivity index (χ0v) is 11.3. The van der Waals surface area contributed by atoms with Gasteiger partial charge in [-0.2, -0.15) is 0 Å². The summed E-state index contributed by atoms with van der Waals surface area (Å²) in [7, 11) is -3.41. The van der Waals surface area contributed by atoms with Gasteiger partial charge in [-0.3, -0.25) is 5.84 Å². The van der Waals surface area contributed by atoms with Crippen LogP contribution in [0.15, 0.2) is 29.2 Å². The Balaban J connectivity index is 2.05. The minimum Gasteiger partial charge on any atom is -0.324 e. The second kappa shape index (κ2) is 4.87. The molecule has 6 heteroatoms. The molecule has 0 amide bonds. The van der Waals surface area contributed by atoms with Crippen LogP contribution in [-0.4, -0.2) is 15.0 Å². The predicted molar refractivity (Wildman–Crippen MR) is 71.4 cm³/mol. The summed E-state index contributed by atoms with van der Waals surface area (Å²) in [4.78, 5) is 0.268. The normalized spacial score (nSPS) is 18.1. The Morgan fingerprint density at radius 3 is 2.33 bits per heavy atom. The minimum absolute atomic E-state index is 0.131. The summed E-state index contributed by atoms with van der Waals surface area (Å²) in [5.74, 6) is 5.24. The highest BCUT2D eigenvalue weighted by molar-refractivity contribution is 7.89. The molecule has 0 radical (unpaired) electrons. The first-order chi connectivity index (χ1) is 8.45. The Morgan fingerprint density at radius 1 is 1.28 bits per heavy atom. The number of benzene rings is 1. The number of nitrogens with one attached hydrogen (secondary N) is 2. The average molecular weight is 269 g/mol. The SMILES string of the molecule is CC1(CNS(=O)(=O)c2ccc(NN)cc2)CCC1. The van der Waals surface area contributed by atoms with Gasteiger partial charge in [0.25, 0.3) is 0 Å². The molecule has 0 aromatic heterocycles. The third-order valence-electron chi connectivity index (χ3n) is 3.58. The van der Waals surface area contributed by atoms with E-state index >= 15 is 0 Å². The van der Waals surface area contributed by atoms with Gasteiger partial charge < -0.3 is 5.43 Å². The molecule has 0 heterocycles. The van der Waals surface area contributed by atoms with Gasteiger partial charge >= 0.3 is 0 Å². The quantitative estimate of drug-likeness (QED) is 0.558. The van der Waals surface area contributed by atoms with Gasteiger partial charge in [-0.1, -0.05) is 13.3 Å². The molecular formula is C12H19N3O2S. The van der Waals surface area contributed by atoms with Crippen molar-refractivity contribution in [3.63, 3.8) is 0 Å². The van der Waals surface area contributed by atoms with E-state index in [0.29, 0.717) is 12.2 Å². The average Bonchev–Trinajstić information content (AvgIpc) is 2.34. The van der Waals surface area contributed by atoms with Crippen molar-refractivity contribution in [3.8, 4) is 0 Å². The zero-order valence-electron chi connectivity index (χ0n) is 10.4. The first kappa shape index (κ1) is 13.3. The molecule has 0 atom stereocenters. The number of hydrogen-bond acceptors (Lipinski definition) is 4. The van der Waals surface area contributed by atoms with Gasteiger partial charge in [-0.15, -0.1) is 0 Å². The molecule has 0 bridgehead atoms. The number of anilines is 1. The Kier molecular flexibility index (Phi) is 3.61. The highest BCUT2D eigenvalue weighted by Gasteiger charge is 2.32. The van der Waals surface area contributed by atoms with Crippen LogP contribution in [0.1, 0.15) is 26.2 Å². The van der Waals surface area contributed by atoms with E-state index in [1.165, 1.54) is 6.42 Å². The number of nitrogens with two attached hydrogens (primary N) is 1. The number of rotatable bonds is 5. The highest BCUT2D eigenvalue weighted by Crippen LogP contribution is 2.39. The Morgan fingerprint density at radius 2 is 1.89 bits per heavy atom. The largest absolute Gasteiger partial charge is 0.324 e. The number of sulfonamides is 1. The second-order valence-electron chi connectivity index (χ2n) is 5.16. The highest BCUT2D eigenvalue weighted by atomic mass is 32.2. The smallest absolute Gasteiger partial charge is 0.240 e. The standard InChI is InChI=1S/C12H19N3O2S/c1-12(7-2-8-12)9-14-18(16,17)11-5-3-10(15-13)4-6-11/h3-6,14-15H,2,7-9,13H2,1H3. The molecule has 18 heavy (non-hydrogen) atoms. The predicted octanol–water partition coefficient (Wildman–Crippen LogP) is 1.44. The van der Waals surface area contributed by atoms with Crippen LogP contribution in [0.4, 0.5) is 5.69 Å². The molecule has 1 aliphatic rings. The molecule has 1 saturated carbocycles. The van der Waals surface area contributed by atoms with Crippen LogP contribution in [0.25, 0.3) is 0 Å². The first-order valence-electron chi connectivity index (χ1n) is 6.02. The van der Waals surface area contributed by atoms with Crippen molar-refractivity contribution in [2.45, 2.75) is 31.1 Å². The number of nitrogen functional groups attached to an aromatic ring is 1. The summed E-state index contributed by atoms with van der Waals surface area (Å²) >= 11 is 0. The minimum atomic E-state index is -3.41. The van der Waals surface area contributed by atoms with E-state index < -0.39 is 10.0 Å². The Hall–Kier alpha value is -1.11. The van der Waals surface area contributed by atoms with E-state index in [-0.39, 0.29) is 10.3 Å². The maximum Gasteiger partial charge on any atom is 0.240 e. The summed E-state index contributed by atoms with van der Waals surface area (Å²) in [6.07, 6.45) is 3.37. The molecule has 1 aromatic carbocycles. The van der Waals surface area contributed by atoms with Gasteiger partial charge in [0, 0.05) is 12.2 Å². The summed E-state index contributed by atoms with van der Waals surface area (Å²) < 4.78 is 26.8. The molecule has 100 valence electrons. The zero-order chi connectivity index (χ0) is 13.2. The van der Waals surface area contributed by atoms with Gasteiger partial charge in [0.2, 0.25) is 10.0 Å². The van der Waals surface area contributed by atoms with Crippen LogP contribution in [-0.2, 0) is 10.0 Å². The Bertz CT molecular complexity index is 507. The maximum atomic E-state index is 12.1. The fraction of sp³-hybridized carbons (Fsp3) is 0.500. The monoisotopic (exact) mass is 269 g/mol. The molecule has 0 saturated heterocycles. The number of hydrogen-bond donors (Lipinski definition) is 3. The molecule has 2 rings (SSSR count). The molecule has 0 aliphatic heterocycles. The fourth-order valence-electron chi connectivity index (χ4n) is 2.04. The molecule has 1 fully saturated rings. The summed E-state index contributed by atoms with van der Waals surface area (Å²) in [5.41, 5.74) is 3.28. The van der Waals surface area contributed by atoms with E-state index in [9.17, 15) is 8.42 Å². The van der Waals surface area contributed by atoms with Crippen LogP contribution in [0.5, 0.6) is 0 Å². The van der Waals surface area contributed by atoms with Gasteiger partial charge in [-0.25, -0.2) is 13.1 Å². The van der Waals surface area contributed by atoms with Crippen LogP contribution < -0.4 is 16.0 Å². The van der Waals surface area contributed by atoms with Crippen molar-refractivity contribution in [1.82, 2.24) is 4.72 Å². The van der Waals surface area contributed by atoms with Crippen LogP contribution in [0.2, 0.25) is 0 Å². The topological polar surface area (TPSA) is 84.2 Å². The van der Waals surface area contributed by atoms with Gasteiger partial charge in [-0.05, 0) is 42.5 Å². The molecule has 0 unspecified atom stereocenters. The lowest BCUT2D eigenvalue weighted by molar-refractivity contribution is 0.166. The third-order valence-corrected chi connectivity index (χ3v) is 5.00. The molecule has 5 nitrogen and oxygen atoms in total. The first-order valence-corrected chi connectivity index (χ1v) is 7.50. The van der Waals surface area contributed by atoms with Crippen molar-refractivity contribution in [1.29, 1.82) is 0 Å². The van der Waals surface area contributed by atoms with E-state index in [0.717, 1.165) is 12.8 Å². The van der Waals surface area contributed by atoms with Crippen molar-refractivity contribution >= 4 is 15.7 Å².